The molecule has 0 saturated carbocycles. The smallest absolute Gasteiger partial charge is 0.240 e. The molecule has 2 aliphatic rings. The molecular formula is C20H23FN4O2S. The lowest BCUT2D eigenvalue weighted by molar-refractivity contribution is -0.122. The van der Waals surface area contributed by atoms with Gasteiger partial charge in [0.15, 0.2) is 5.17 Å². The standard InChI is InChI=1S/C20H23FN4O2S/c1-12-8-15(11-20(2,3)10-12)24-25-19-23-18(27)16(28-19)9-17(26)22-14-6-4-13(21)5-7-14/h4-8,16H,9-11H2,1-3H3,(H,22,26)(H,23,25,27)/b24-15-/t16-/m1/s1. The van der Waals surface area contributed by atoms with Crippen molar-refractivity contribution in [3.63, 3.8) is 0 Å². The fourth-order valence-corrected chi connectivity index (χ4v) is 4.29. The van der Waals surface area contributed by atoms with E-state index in [1.807, 2.05) is 6.08 Å². The van der Waals surface area contributed by atoms with Crippen molar-refractivity contribution in [1.82, 2.24) is 5.32 Å². The number of anilines is 1. The van der Waals surface area contributed by atoms with Crippen LogP contribution in [-0.2, 0) is 9.59 Å². The Bertz CT molecular complexity index is 875. The third-order valence-electron chi connectivity index (χ3n) is 4.37. The number of amides is 2. The lowest BCUT2D eigenvalue weighted by atomic mass is 9.77. The van der Waals surface area contributed by atoms with Gasteiger partial charge < -0.3 is 10.6 Å². The number of thioether (sulfide) groups is 1. The first-order chi connectivity index (χ1) is 13.2. The molecule has 28 heavy (non-hydrogen) atoms. The van der Waals surface area contributed by atoms with Crippen LogP contribution >= 0.6 is 11.8 Å². The van der Waals surface area contributed by atoms with Gasteiger partial charge in [-0.15, -0.1) is 5.10 Å². The molecule has 1 aromatic carbocycles. The molecule has 2 amide bonds. The van der Waals surface area contributed by atoms with Gasteiger partial charge in [-0.2, -0.15) is 5.10 Å². The minimum Gasteiger partial charge on any atom is -0.326 e. The number of halogens is 1. The van der Waals surface area contributed by atoms with E-state index in [9.17, 15) is 14.0 Å². The number of carbonyl (C=O) groups excluding carboxylic acids is 2. The van der Waals surface area contributed by atoms with E-state index >= 15 is 0 Å². The zero-order valence-electron chi connectivity index (χ0n) is 16.1. The van der Waals surface area contributed by atoms with Crippen molar-refractivity contribution in [2.75, 3.05) is 5.32 Å². The van der Waals surface area contributed by atoms with Crippen LogP contribution in [-0.4, -0.2) is 27.9 Å². The van der Waals surface area contributed by atoms with Crippen molar-refractivity contribution in [3.05, 3.63) is 41.7 Å². The Labute approximate surface area is 167 Å². The number of allylic oxidation sites excluding steroid dienone is 2. The zero-order chi connectivity index (χ0) is 20.3. The number of nitrogens with zero attached hydrogens (tertiary/aromatic N) is 2. The van der Waals surface area contributed by atoms with Crippen LogP contribution < -0.4 is 10.6 Å². The fourth-order valence-electron chi connectivity index (χ4n) is 3.37. The van der Waals surface area contributed by atoms with Crippen molar-refractivity contribution >= 4 is 40.1 Å². The van der Waals surface area contributed by atoms with Crippen LogP contribution in [0.5, 0.6) is 0 Å². The number of benzene rings is 1. The van der Waals surface area contributed by atoms with E-state index in [1.54, 1.807) is 0 Å². The molecule has 2 N–H and O–H groups in total. The maximum Gasteiger partial charge on any atom is 0.240 e. The van der Waals surface area contributed by atoms with Gasteiger partial charge in [-0.05, 0) is 55.5 Å². The predicted octanol–water partition coefficient (Wildman–Crippen LogP) is 3.86. The quantitative estimate of drug-likeness (QED) is 0.750. The minimum atomic E-state index is -0.570. The minimum absolute atomic E-state index is 0.00445. The van der Waals surface area contributed by atoms with E-state index in [4.69, 9.17) is 0 Å². The van der Waals surface area contributed by atoms with E-state index in [0.29, 0.717) is 10.9 Å². The van der Waals surface area contributed by atoms with Crippen molar-refractivity contribution in [1.29, 1.82) is 0 Å². The van der Waals surface area contributed by atoms with Gasteiger partial charge in [-0.1, -0.05) is 31.2 Å². The molecule has 1 saturated heterocycles. The number of hydrogen-bond donors (Lipinski definition) is 2. The highest BCUT2D eigenvalue weighted by atomic mass is 32.2. The maximum atomic E-state index is 12.9. The monoisotopic (exact) mass is 402 g/mol. The lowest BCUT2D eigenvalue weighted by Gasteiger charge is -2.28. The van der Waals surface area contributed by atoms with Gasteiger partial charge in [0.25, 0.3) is 0 Å². The van der Waals surface area contributed by atoms with Gasteiger partial charge in [-0.25, -0.2) is 4.39 Å². The Balaban J connectivity index is 1.59. The summed E-state index contributed by atoms with van der Waals surface area (Å²) in [6, 6.07) is 5.47. The number of nitrogens with one attached hydrogen (secondary N) is 2. The summed E-state index contributed by atoms with van der Waals surface area (Å²) in [4.78, 5) is 24.3. The Morgan fingerprint density at radius 1 is 1.29 bits per heavy atom. The molecular weight excluding hydrogens is 379 g/mol. The normalized spacial score (nSPS) is 24.2. The second kappa shape index (κ2) is 8.26. The Kier molecular flexibility index (Phi) is 5.98. The summed E-state index contributed by atoms with van der Waals surface area (Å²) in [6.07, 6.45) is 3.88. The van der Waals surface area contributed by atoms with Crippen molar-refractivity contribution < 1.29 is 14.0 Å². The molecule has 0 aromatic heterocycles. The highest BCUT2D eigenvalue weighted by Gasteiger charge is 2.32. The van der Waals surface area contributed by atoms with Gasteiger partial charge in [0.2, 0.25) is 11.8 Å². The first-order valence-corrected chi connectivity index (χ1v) is 9.93. The van der Waals surface area contributed by atoms with Gasteiger partial charge >= 0.3 is 0 Å². The Hall–Kier alpha value is -2.48. The molecule has 0 spiro atoms. The van der Waals surface area contributed by atoms with E-state index in [0.717, 1.165) is 18.6 Å². The summed E-state index contributed by atoms with van der Waals surface area (Å²) in [5.74, 6) is -0.967. The van der Waals surface area contributed by atoms with Crippen LogP contribution in [0.2, 0.25) is 0 Å². The van der Waals surface area contributed by atoms with E-state index in [-0.39, 0.29) is 29.5 Å². The predicted molar refractivity (Wildman–Crippen MR) is 111 cm³/mol. The second-order valence-corrected chi connectivity index (χ2v) is 9.05. The van der Waals surface area contributed by atoms with Crippen molar-refractivity contribution in [2.24, 2.45) is 15.6 Å². The second-order valence-electron chi connectivity index (χ2n) is 7.86. The maximum absolute atomic E-state index is 12.9. The molecule has 0 bridgehead atoms. The van der Waals surface area contributed by atoms with Crippen LogP contribution in [0.3, 0.4) is 0 Å². The summed E-state index contributed by atoms with van der Waals surface area (Å²) >= 11 is 1.19. The molecule has 1 atom stereocenters. The first kappa shape index (κ1) is 20.3. The molecule has 1 aliphatic carbocycles. The van der Waals surface area contributed by atoms with Gasteiger partial charge in [0, 0.05) is 12.1 Å². The molecule has 0 unspecified atom stereocenters. The summed E-state index contributed by atoms with van der Waals surface area (Å²) in [7, 11) is 0. The molecule has 148 valence electrons. The summed E-state index contributed by atoms with van der Waals surface area (Å²) in [5.41, 5.74) is 2.77. The Morgan fingerprint density at radius 3 is 2.68 bits per heavy atom. The number of hydrogen-bond acceptors (Lipinski definition) is 5. The van der Waals surface area contributed by atoms with E-state index in [2.05, 4.69) is 41.6 Å². The fraction of sp³-hybridized carbons (Fsp3) is 0.400. The number of amidine groups is 1. The third kappa shape index (κ3) is 5.51. The van der Waals surface area contributed by atoms with Gasteiger partial charge in [0.05, 0.1) is 5.71 Å². The molecule has 1 aliphatic heterocycles. The average Bonchev–Trinajstić information content (AvgIpc) is 2.93. The molecule has 0 radical (unpaired) electrons. The number of rotatable bonds is 4. The SMILES string of the molecule is CC1=C/C(=N/N=C2\NC(=O)[C@@H](CC(=O)Nc3ccc(F)cc3)S2)CC(C)(C)C1. The zero-order valence-corrected chi connectivity index (χ0v) is 16.9. The van der Waals surface area contributed by atoms with Crippen molar-refractivity contribution in [2.45, 2.75) is 45.3 Å². The average molecular weight is 402 g/mol. The van der Waals surface area contributed by atoms with Gasteiger partial charge in [0.1, 0.15) is 11.1 Å². The molecule has 1 fully saturated rings. The third-order valence-corrected chi connectivity index (χ3v) is 5.45. The van der Waals surface area contributed by atoms with Gasteiger partial charge in [-0.3, -0.25) is 9.59 Å². The summed E-state index contributed by atoms with van der Waals surface area (Å²) < 4.78 is 12.9. The van der Waals surface area contributed by atoms with Crippen LogP contribution in [0, 0.1) is 11.2 Å². The van der Waals surface area contributed by atoms with Crippen molar-refractivity contribution in [3.8, 4) is 0 Å². The molecule has 6 nitrogen and oxygen atoms in total. The van der Waals surface area contributed by atoms with Crippen LogP contribution in [0.15, 0.2) is 46.1 Å². The van der Waals surface area contributed by atoms with Crippen LogP contribution in [0.1, 0.15) is 40.0 Å². The lowest BCUT2D eigenvalue weighted by Crippen LogP contribution is -2.28. The molecule has 3 rings (SSSR count). The highest BCUT2D eigenvalue weighted by Crippen LogP contribution is 2.34. The first-order valence-electron chi connectivity index (χ1n) is 9.05. The largest absolute Gasteiger partial charge is 0.326 e. The molecule has 1 aromatic rings. The molecule has 1 heterocycles. The van der Waals surface area contributed by atoms with E-state index < -0.39 is 5.25 Å². The highest BCUT2D eigenvalue weighted by molar-refractivity contribution is 8.15. The summed E-state index contributed by atoms with van der Waals surface area (Å²) in [6.45, 7) is 6.45. The van der Waals surface area contributed by atoms with Crippen LogP contribution in [0.4, 0.5) is 10.1 Å². The summed E-state index contributed by atoms with van der Waals surface area (Å²) in [5, 5.41) is 13.6. The Morgan fingerprint density at radius 2 is 2.00 bits per heavy atom. The number of carbonyl (C=O) groups is 2. The van der Waals surface area contributed by atoms with Crippen LogP contribution in [0.25, 0.3) is 0 Å². The topological polar surface area (TPSA) is 82.9 Å². The molecule has 8 heteroatoms. The van der Waals surface area contributed by atoms with E-state index in [1.165, 1.54) is 41.6 Å².